The van der Waals surface area contributed by atoms with Gasteiger partial charge in [0, 0.05) is 44.3 Å². The van der Waals surface area contributed by atoms with Crippen LogP contribution in [-0.4, -0.2) is 47.8 Å². The first-order valence-corrected chi connectivity index (χ1v) is 11.8. The zero-order valence-corrected chi connectivity index (χ0v) is 19.6. The maximum absolute atomic E-state index is 12.5. The van der Waals surface area contributed by atoms with Crippen LogP contribution in [-0.2, 0) is 4.79 Å². The molecule has 168 valence electrons. The number of para-hydroxylation sites is 1. The van der Waals surface area contributed by atoms with E-state index in [1.54, 1.807) is 36.7 Å². The molecule has 0 bridgehead atoms. The van der Waals surface area contributed by atoms with Crippen molar-refractivity contribution in [2.45, 2.75) is 18.9 Å². The molecule has 0 spiro atoms. The summed E-state index contributed by atoms with van der Waals surface area (Å²) in [5, 5.41) is 12.8. The summed E-state index contributed by atoms with van der Waals surface area (Å²) in [5.41, 5.74) is 4.88. The molecule has 33 heavy (non-hydrogen) atoms. The van der Waals surface area contributed by atoms with Crippen molar-refractivity contribution in [2.24, 2.45) is 0 Å². The summed E-state index contributed by atoms with van der Waals surface area (Å²) in [6.07, 6.45) is 3.35. The molecule has 0 radical (unpaired) electrons. The molecule has 1 aliphatic heterocycles. The van der Waals surface area contributed by atoms with Gasteiger partial charge in [-0.15, -0.1) is 0 Å². The lowest BCUT2D eigenvalue weighted by atomic mass is 10.1. The van der Waals surface area contributed by atoms with Crippen molar-refractivity contribution in [1.82, 2.24) is 9.97 Å². The van der Waals surface area contributed by atoms with Gasteiger partial charge in [-0.2, -0.15) is 5.26 Å². The molecule has 0 unspecified atom stereocenters. The molecular weight excluding hydrogens is 432 g/mol. The molecule has 3 aromatic rings. The number of carbonyl (C=O) groups excluding carboxylic acids is 1. The minimum absolute atomic E-state index is 0.181. The van der Waals surface area contributed by atoms with Gasteiger partial charge in [0.25, 0.3) is 0 Å². The number of piperazine rings is 1. The van der Waals surface area contributed by atoms with Crippen molar-refractivity contribution < 1.29 is 4.79 Å². The fourth-order valence-electron chi connectivity index (χ4n) is 3.88. The van der Waals surface area contributed by atoms with Crippen LogP contribution in [0.1, 0.15) is 16.7 Å². The van der Waals surface area contributed by atoms with E-state index in [0.717, 1.165) is 37.0 Å². The minimum Gasteiger partial charge on any atom is -0.368 e. The van der Waals surface area contributed by atoms with Crippen LogP contribution in [0.25, 0.3) is 0 Å². The summed E-state index contributed by atoms with van der Waals surface area (Å²) in [6.45, 7) is 7.79. The van der Waals surface area contributed by atoms with Crippen LogP contribution in [0.2, 0.25) is 0 Å². The zero-order valence-electron chi connectivity index (χ0n) is 18.8. The Bertz CT molecular complexity index is 1180. The van der Waals surface area contributed by atoms with Crippen molar-refractivity contribution in [1.29, 1.82) is 5.26 Å². The lowest BCUT2D eigenvalue weighted by molar-refractivity contribution is -0.113. The molecule has 2 heterocycles. The minimum atomic E-state index is -0.181. The van der Waals surface area contributed by atoms with Gasteiger partial charge < -0.3 is 15.1 Å². The summed E-state index contributed by atoms with van der Waals surface area (Å²) in [4.78, 5) is 26.2. The first-order valence-electron chi connectivity index (χ1n) is 10.9. The molecule has 1 amide bonds. The maximum Gasteiger partial charge on any atom is 0.234 e. The molecule has 4 rings (SSSR count). The summed E-state index contributed by atoms with van der Waals surface area (Å²) in [6, 6.07) is 15.5. The monoisotopic (exact) mass is 458 g/mol. The van der Waals surface area contributed by atoms with Gasteiger partial charge in [0.05, 0.1) is 17.0 Å². The molecule has 1 saturated heterocycles. The average molecular weight is 459 g/mol. The fraction of sp³-hybridized carbons (Fsp3) is 0.280. The lowest BCUT2D eigenvalue weighted by Gasteiger charge is -2.37. The van der Waals surface area contributed by atoms with Gasteiger partial charge in [-0.3, -0.25) is 4.79 Å². The van der Waals surface area contributed by atoms with E-state index in [2.05, 4.69) is 63.2 Å². The molecule has 0 atom stereocenters. The normalized spacial score (nSPS) is 13.5. The number of carbonyl (C=O) groups is 1. The summed E-state index contributed by atoms with van der Waals surface area (Å²) >= 11 is 1.36. The number of nitrogens with one attached hydrogen (secondary N) is 1. The number of aryl methyl sites for hydroxylation is 1. The third kappa shape index (κ3) is 5.26. The van der Waals surface area contributed by atoms with E-state index < -0.39 is 0 Å². The van der Waals surface area contributed by atoms with Crippen LogP contribution in [0.15, 0.2) is 59.9 Å². The Balaban J connectivity index is 1.38. The number of nitrogens with zero attached hydrogens (tertiary/aromatic N) is 5. The predicted molar refractivity (Wildman–Crippen MR) is 133 cm³/mol. The quantitative estimate of drug-likeness (QED) is 0.558. The Kier molecular flexibility index (Phi) is 7.10. The Morgan fingerprint density at radius 2 is 1.76 bits per heavy atom. The summed E-state index contributed by atoms with van der Waals surface area (Å²) < 4.78 is 0. The van der Waals surface area contributed by atoms with Crippen LogP contribution in [0.5, 0.6) is 0 Å². The summed E-state index contributed by atoms with van der Waals surface area (Å²) in [5.74, 6) is 0.820. The largest absolute Gasteiger partial charge is 0.368 e. The number of hydrogen-bond acceptors (Lipinski definition) is 7. The van der Waals surface area contributed by atoms with E-state index in [1.165, 1.54) is 28.6 Å². The van der Waals surface area contributed by atoms with Gasteiger partial charge >= 0.3 is 0 Å². The lowest BCUT2D eigenvalue weighted by Crippen LogP contribution is -2.47. The van der Waals surface area contributed by atoms with E-state index in [-0.39, 0.29) is 11.7 Å². The molecule has 1 fully saturated rings. The number of benzene rings is 2. The third-order valence-electron chi connectivity index (χ3n) is 5.80. The van der Waals surface area contributed by atoms with Crippen molar-refractivity contribution in [3.63, 3.8) is 0 Å². The molecule has 1 N–H and O–H groups in total. The second-order valence-electron chi connectivity index (χ2n) is 7.87. The Labute approximate surface area is 198 Å². The SMILES string of the molecule is Cc1cccc(N2CCN(c3nccnc3SCC(=O)Nc3ccccc3C#N)CC2)c1C. The second kappa shape index (κ2) is 10.4. The van der Waals surface area contributed by atoms with Crippen molar-refractivity contribution >= 4 is 34.9 Å². The van der Waals surface area contributed by atoms with Gasteiger partial charge in [-0.05, 0) is 43.2 Å². The van der Waals surface area contributed by atoms with Crippen LogP contribution in [0.3, 0.4) is 0 Å². The van der Waals surface area contributed by atoms with Crippen molar-refractivity contribution in [3.05, 3.63) is 71.5 Å². The highest BCUT2D eigenvalue weighted by Crippen LogP contribution is 2.29. The molecule has 1 aliphatic rings. The first-order chi connectivity index (χ1) is 16.1. The number of nitriles is 1. The van der Waals surface area contributed by atoms with Crippen molar-refractivity contribution in [3.8, 4) is 6.07 Å². The number of rotatable bonds is 6. The predicted octanol–water partition coefficient (Wildman–Crippen LogP) is 4.02. The topological polar surface area (TPSA) is 85.2 Å². The molecule has 8 heteroatoms. The van der Waals surface area contributed by atoms with Gasteiger partial charge in [-0.25, -0.2) is 9.97 Å². The maximum atomic E-state index is 12.5. The van der Waals surface area contributed by atoms with Crippen LogP contribution >= 0.6 is 11.8 Å². The van der Waals surface area contributed by atoms with Crippen molar-refractivity contribution in [2.75, 3.05) is 47.0 Å². The highest BCUT2D eigenvalue weighted by molar-refractivity contribution is 8.00. The number of amides is 1. The smallest absolute Gasteiger partial charge is 0.234 e. The number of aromatic nitrogens is 2. The number of anilines is 3. The van der Waals surface area contributed by atoms with Crippen LogP contribution in [0.4, 0.5) is 17.2 Å². The fourth-order valence-corrected chi connectivity index (χ4v) is 4.67. The Hall–Kier alpha value is -3.57. The molecule has 0 saturated carbocycles. The Morgan fingerprint density at radius 1 is 1.03 bits per heavy atom. The second-order valence-corrected chi connectivity index (χ2v) is 8.84. The highest BCUT2D eigenvalue weighted by Gasteiger charge is 2.22. The van der Waals surface area contributed by atoms with Crippen LogP contribution < -0.4 is 15.1 Å². The highest BCUT2D eigenvalue weighted by atomic mass is 32.2. The molecule has 0 aliphatic carbocycles. The van der Waals surface area contributed by atoms with E-state index >= 15 is 0 Å². The van der Waals surface area contributed by atoms with E-state index in [9.17, 15) is 10.1 Å². The number of hydrogen-bond donors (Lipinski definition) is 1. The molecule has 2 aromatic carbocycles. The van der Waals surface area contributed by atoms with Gasteiger partial charge in [0.2, 0.25) is 5.91 Å². The molecular formula is C25H26N6OS. The zero-order chi connectivity index (χ0) is 23.2. The van der Waals surface area contributed by atoms with Crippen LogP contribution in [0, 0.1) is 25.2 Å². The average Bonchev–Trinajstić information content (AvgIpc) is 2.85. The van der Waals surface area contributed by atoms with E-state index in [4.69, 9.17) is 0 Å². The third-order valence-corrected chi connectivity index (χ3v) is 6.77. The molecule has 7 nitrogen and oxygen atoms in total. The van der Waals surface area contributed by atoms with Gasteiger partial charge in [0.1, 0.15) is 11.1 Å². The van der Waals surface area contributed by atoms with Gasteiger partial charge in [-0.1, -0.05) is 36.0 Å². The van der Waals surface area contributed by atoms with Gasteiger partial charge in [0.15, 0.2) is 5.82 Å². The summed E-state index contributed by atoms with van der Waals surface area (Å²) in [7, 11) is 0. The van der Waals surface area contributed by atoms with E-state index in [0.29, 0.717) is 11.3 Å². The number of thioether (sulfide) groups is 1. The Morgan fingerprint density at radius 3 is 2.55 bits per heavy atom. The van der Waals surface area contributed by atoms with E-state index in [1.807, 2.05) is 0 Å². The molecule has 1 aromatic heterocycles. The standard InChI is InChI=1S/C25H26N6OS/c1-18-6-5-9-22(19(18)2)30-12-14-31(15-13-30)24-25(28-11-10-27-24)33-17-23(32)29-21-8-4-3-7-20(21)16-26/h3-11H,12-15,17H2,1-2H3,(H,29,32). The first kappa shape index (κ1) is 22.6.